The molecule has 35 heavy (non-hydrogen) atoms. The standard InChI is InChI=1S/C18H18N8O6S3/c19-10(17(27)28)6-24-35(31,32)12-5-4-8(9-2-1-3-11-14(9)25-18(20)33-11)13(15(12)34(21,29)30)16-22-7-23-26-16/h1-5,10,24H,6-7,19H2,(H2,20,25)(H,27,28)(H2,21,29,30)/t10-/m1/s1. The van der Waals surface area contributed by atoms with Crippen molar-refractivity contribution < 1.29 is 26.7 Å². The molecule has 184 valence electrons. The van der Waals surface area contributed by atoms with Gasteiger partial charge in [0.15, 0.2) is 17.6 Å². The van der Waals surface area contributed by atoms with Crippen molar-refractivity contribution in [2.75, 3.05) is 18.9 Å². The summed E-state index contributed by atoms with van der Waals surface area (Å²) in [6, 6.07) is 5.95. The molecule has 0 amide bonds. The van der Waals surface area contributed by atoms with Gasteiger partial charge in [0.25, 0.3) is 0 Å². The number of aliphatic imine (C=N–C) groups is 1. The van der Waals surface area contributed by atoms with Crippen molar-refractivity contribution >= 4 is 58.5 Å². The lowest BCUT2D eigenvalue weighted by Crippen LogP contribution is -2.42. The predicted octanol–water partition coefficient (Wildman–Crippen LogP) is 0.0530. The summed E-state index contributed by atoms with van der Waals surface area (Å²) < 4.78 is 54.4. The number of benzene rings is 2. The monoisotopic (exact) mass is 538 g/mol. The van der Waals surface area contributed by atoms with Crippen molar-refractivity contribution in [1.29, 1.82) is 0 Å². The highest BCUT2D eigenvalue weighted by Crippen LogP contribution is 2.39. The van der Waals surface area contributed by atoms with Crippen LogP contribution in [0.5, 0.6) is 0 Å². The van der Waals surface area contributed by atoms with E-state index in [1.165, 1.54) is 17.4 Å². The number of rotatable bonds is 8. The van der Waals surface area contributed by atoms with Gasteiger partial charge in [0.2, 0.25) is 20.0 Å². The van der Waals surface area contributed by atoms with Crippen LogP contribution in [0.4, 0.5) is 5.13 Å². The minimum absolute atomic E-state index is 0.102. The Kier molecular flexibility index (Phi) is 6.38. The summed E-state index contributed by atoms with van der Waals surface area (Å²) in [6.07, 6.45) is 0. The van der Waals surface area contributed by atoms with Gasteiger partial charge in [-0.25, -0.2) is 36.7 Å². The van der Waals surface area contributed by atoms with Crippen LogP contribution < -0.4 is 21.3 Å². The molecule has 1 aliphatic heterocycles. The number of carbonyl (C=O) groups is 1. The Labute approximate surface area is 202 Å². The van der Waals surface area contributed by atoms with Gasteiger partial charge in [-0.05, 0) is 17.7 Å². The molecule has 17 heteroatoms. The lowest BCUT2D eigenvalue weighted by atomic mass is 9.98. The number of carboxylic acids is 1. The molecule has 0 radical (unpaired) electrons. The number of hydrogen-bond donors (Lipinski definition) is 5. The summed E-state index contributed by atoms with van der Waals surface area (Å²) in [5.41, 5.74) is 12.1. The molecule has 14 nitrogen and oxygen atoms in total. The quantitative estimate of drug-likeness (QED) is 0.259. The number of thiazole rings is 1. The molecule has 1 aromatic heterocycles. The first-order valence-corrected chi connectivity index (χ1v) is 13.5. The summed E-state index contributed by atoms with van der Waals surface area (Å²) in [4.78, 5) is 17.9. The lowest BCUT2D eigenvalue weighted by Gasteiger charge is -2.18. The Hall–Kier alpha value is -3.35. The number of fused-ring (bicyclic) bond motifs is 1. The van der Waals surface area contributed by atoms with Crippen molar-refractivity contribution in [3.05, 3.63) is 35.9 Å². The Balaban J connectivity index is 2.02. The van der Waals surface area contributed by atoms with Gasteiger partial charge in [-0.1, -0.05) is 29.5 Å². The fourth-order valence-electron chi connectivity index (χ4n) is 3.41. The molecular weight excluding hydrogens is 520 g/mol. The summed E-state index contributed by atoms with van der Waals surface area (Å²) in [5, 5.41) is 22.3. The SMILES string of the molecule is Nc1nc2c(-c3ccc(S(=O)(=O)NC[C@@H](N)C(=O)O)c(S(N)(=O)=O)c3C3=NCN=N3)cccc2s1. The fraction of sp³-hybridized carbons (Fsp3) is 0.167. The van der Waals surface area contributed by atoms with Crippen LogP contribution in [0.15, 0.2) is 55.3 Å². The third-order valence-corrected chi connectivity index (χ3v) is 8.34. The highest BCUT2D eigenvalue weighted by Gasteiger charge is 2.33. The maximum Gasteiger partial charge on any atom is 0.321 e. The molecular formula is C18H18N8O6S3. The molecule has 0 fully saturated rings. The zero-order chi connectivity index (χ0) is 25.5. The Morgan fingerprint density at radius 2 is 1.91 bits per heavy atom. The molecule has 0 bridgehead atoms. The number of amidine groups is 1. The smallest absolute Gasteiger partial charge is 0.321 e. The van der Waals surface area contributed by atoms with E-state index in [4.69, 9.17) is 21.7 Å². The molecule has 0 saturated heterocycles. The molecule has 0 saturated carbocycles. The third-order valence-electron chi connectivity index (χ3n) is 4.90. The Morgan fingerprint density at radius 1 is 1.17 bits per heavy atom. The van der Waals surface area contributed by atoms with E-state index in [1.54, 1.807) is 18.2 Å². The van der Waals surface area contributed by atoms with Gasteiger partial charge < -0.3 is 16.6 Å². The molecule has 0 unspecified atom stereocenters. The number of anilines is 1. The summed E-state index contributed by atoms with van der Waals surface area (Å²) in [6.45, 7) is -0.799. The van der Waals surface area contributed by atoms with Crippen LogP contribution in [0.1, 0.15) is 5.56 Å². The minimum Gasteiger partial charge on any atom is -0.480 e. The van der Waals surface area contributed by atoms with Gasteiger partial charge in [-0.2, -0.15) is 5.11 Å². The number of nitrogens with two attached hydrogens (primary N) is 3. The number of aliphatic carboxylic acids is 1. The highest BCUT2D eigenvalue weighted by molar-refractivity contribution is 7.92. The zero-order valence-electron chi connectivity index (χ0n) is 17.6. The Bertz CT molecular complexity index is 1630. The van der Waals surface area contributed by atoms with Gasteiger partial charge >= 0.3 is 5.97 Å². The van der Waals surface area contributed by atoms with Gasteiger partial charge in [0, 0.05) is 12.1 Å². The third kappa shape index (κ3) is 4.77. The molecule has 1 atom stereocenters. The van der Waals surface area contributed by atoms with Crippen molar-refractivity contribution in [3.63, 3.8) is 0 Å². The van der Waals surface area contributed by atoms with Crippen LogP contribution in [0, 0.1) is 0 Å². The number of aromatic nitrogens is 1. The van der Waals surface area contributed by atoms with Crippen molar-refractivity contribution in [3.8, 4) is 11.1 Å². The summed E-state index contributed by atoms with van der Waals surface area (Å²) >= 11 is 1.21. The number of sulfonamides is 2. The van der Waals surface area contributed by atoms with E-state index in [1.807, 2.05) is 4.72 Å². The maximum absolute atomic E-state index is 13.1. The summed E-state index contributed by atoms with van der Waals surface area (Å²) in [5.74, 6) is -1.60. The Morgan fingerprint density at radius 3 is 2.54 bits per heavy atom. The van der Waals surface area contributed by atoms with Crippen LogP contribution in [0.3, 0.4) is 0 Å². The van der Waals surface area contributed by atoms with Gasteiger partial charge in [0.1, 0.15) is 15.8 Å². The number of nitrogens with one attached hydrogen (secondary N) is 1. The lowest BCUT2D eigenvalue weighted by molar-refractivity contribution is -0.138. The molecule has 0 spiro atoms. The molecule has 1 aliphatic rings. The van der Waals surface area contributed by atoms with Crippen LogP contribution in [0.2, 0.25) is 0 Å². The van der Waals surface area contributed by atoms with Crippen LogP contribution >= 0.6 is 11.3 Å². The minimum atomic E-state index is -4.71. The largest absolute Gasteiger partial charge is 0.480 e. The van der Waals surface area contributed by atoms with Gasteiger partial charge in [-0.3, -0.25) is 4.79 Å². The zero-order valence-corrected chi connectivity index (χ0v) is 20.1. The number of hydrogen-bond acceptors (Lipinski definition) is 12. The normalized spacial score (nSPS) is 14.9. The van der Waals surface area contributed by atoms with E-state index < -0.39 is 48.4 Å². The fourth-order valence-corrected chi connectivity index (χ4v) is 6.83. The average molecular weight is 539 g/mol. The van der Waals surface area contributed by atoms with Crippen molar-refractivity contribution in [2.45, 2.75) is 15.8 Å². The first-order valence-electron chi connectivity index (χ1n) is 9.65. The second kappa shape index (κ2) is 9.02. The average Bonchev–Trinajstić information content (AvgIpc) is 3.44. The molecule has 3 aromatic rings. The topological polar surface area (TPSA) is 246 Å². The maximum atomic E-state index is 13.1. The second-order valence-electron chi connectivity index (χ2n) is 7.23. The number of nitrogen functional groups attached to an aromatic ring is 1. The molecule has 2 aromatic carbocycles. The van der Waals surface area contributed by atoms with E-state index in [2.05, 4.69) is 20.2 Å². The number of azo groups is 1. The second-order valence-corrected chi connectivity index (χ2v) is 11.5. The number of para-hydroxylation sites is 1. The number of nitrogens with zero attached hydrogens (tertiary/aromatic N) is 4. The van der Waals surface area contributed by atoms with Gasteiger partial charge in [-0.15, -0.1) is 5.11 Å². The molecule has 8 N–H and O–H groups in total. The first kappa shape index (κ1) is 24.8. The predicted molar refractivity (Wildman–Crippen MR) is 128 cm³/mol. The van der Waals surface area contributed by atoms with Gasteiger partial charge in [0.05, 0.1) is 15.8 Å². The molecule has 4 rings (SSSR count). The number of primary sulfonamides is 1. The number of carboxylic acid groups (broad SMARTS) is 1. The highest BCUT2D eigenvalue weighted by atomic mass is 32.2. The van der Waals surface area contributed by atoms with Crippen molar-refractivity contribution in [1.82, 2.24) is 9.71 Å². The van der Waals surface area contributed by atoms with E-state index >= 15 is 0 Å². The molecule has 0 aliphatic carbocycles. The van der Waals surface area contributed by atoms with Crippen LogP contribution in [-0.4, -0.2) is 58.0 Å². The van der Waals surface area contributed by atoms with Crippen LogP contribution in [0.25, 0.3) is 21.3 Å². The first-order chi connectivity index (χ1) is 16.4. The summed E-state index contributed by atoms with van der Waals surface area (Å²) in [7, 11) is -9.32. The van der Waals surface area contributed by atoms with E-state index in [-0.39, 0.29) is 28.8 Å². The molecule has 2 heterocycles. The van der Waals surface area contributed by atoms with E-state index in [0.717, 1.165) is 6.07 Å². The van der Waals surface area contributed by atoms with E-state index in [0.29, 0.717) is 15.8 Å². The van der Waals surface area contributed by atoms with Crippen molar-refractivity contribution in [2.24, 2.45) is 26.1 Å². The van der Waals surface area contributed by atoms with Crippen LogP contribution in [-0.2, 0) is 24.8 Å². The van der Waals surface area contributed by atoms with E-state index in [9.17, 15) is 21.6 Å².